The number of carbonyl (C=O) groups is 2. The third-order valence-corrected chi connectivity index (χ3v) is 3.50. The highest BCUT2D eigenvalue weighted by atomic mass is 16.4. The van der Waals surface area contributed by atoms with E-state index in [-0.39, 0.29) is 11.5 Å². The van der Waals surface area contributed by atoms with E-state index in [4.69, 9.17) is 0 Å². The second-order valence-corrected chi connectivity index (χ2v) is 4.81. The molecule has 0 aromatic carbocycles. The Balaban J connectivity index is 2.34. The lowest BCUT2D eigenvalue weighted by molar-refractivity contribution is -0.145. The van der Waals surface area contributed by atoms with E-state index < -0.39 is 23.5 Å². The van der Waals surface area contributed by atoms with Gasteiger partial charge in [0.1, 0.15) is 11.6 Å². The Kier molecular flexibility index (Phi) is 3.69. The van der Waals surface area contributed by atoms with Gasteiger partial charge in [-0.25, -0.2) is 4.79 Å². The zero-order valence-corrected chi connectivity index (χ0v) is 10.6. The van der Waals surface area contributed by atoms with Gasteiger partial charge in [-0.05, 0) is 30.9 Å². The summed E-state index contributed by atoms with van der Waals surface area (Å²) in [6.07, 6.45) is 2.96. The fraction of sp³-hybridized carbons (Fsp3) is 0.462. The van der Waals surface area contributed by atoms with Gasteiger partial charge in [0.05, 0.1) is 0 Å². The minimum atomic E-state index is -1.02. The number of piperidine rings is 1. The number of carboxylic acids is 1. The van der Waals surface area contributed by atoms with E-state index in [0.717, 1.165) is 12.8 Å². The van der Waals surface area contributed by atoms with Crippen molar-refractivity contribution >= 4 is 11.9 Å². The van der Waals surface area contributed by atoms with Crippen LogP contribution in [-0.4, -0.2) is 39.5 Å². The van der Waals surface area contributed by atoms with Crippen LogP contribution in [0.2, 0.25) is 0 Å². The SMILES string of the molecule is CC1CCCN(C(=O)c2ccc[nH]c2=O)C1C(=O)O. The first-order valence-electron chi connectivity index (χ1n) is 6.24. The second-order valence-electron chi connectivity index (χ2n) is 4.81. The van der Waals surface area contributed by atoms with Crippen LogP contribution in [0.3, 0.4) is 0 Å². The lowest BCUT2D eigenvalue weighted by atomic mass is 9.90. The molecular weight excluding hydrogens is 248 g/mol. The molecule has 102 valence electrons. The van der Waals surface area contributed by atoms with Crippen molar-refractivity contribution in [2.45, 2.75) is 25.8 Å². The summed E-state index contributed by atoms with van der Waals surface area (Å²) in [6.45, 7) is 2.18. The molecule has 0 bridgehead atoms. The number of nitrogens with one attached hydrogen (secondary N) is 1. The molecule has 2 heterocycles. The van der Waals surface area contributed by atoms with Crippen LogP contribution in [0.1, 0.15) is 30.1 Å². The van der Waals surface area contributed by atoms with Crippen molar-refractivity contribution in [3.63, 3.8) is 0 Å². The van der Waals surface area contributed by atoms with E-state index in [2.05, 4.69) is 4.98 Å². The number of nitrogens with zero attached hydrogens (tertiary/aromatic N) is 1. The van der Waals surface area contributed by atoms with Crippen LogP contribution in [0, 0.1) is 5.92 Å². The molecule has 1 fully saturated rings. The number of likely N-dealkylation sites (tertiary alicyclic amines) is 1. The molecular formula is C13H16N2O4. The summed E-state index contributed by atoms with van der Waals surface area (Å²) in [5.74, 6) is -1.65. The van der Waals surface area contributed by atoms with Crippen LogP contribution in [0.15, 0.2) is 23.1 Å². The van der Waals surface area contributed by atoms with Crippen LogP contribution in [0.4, 0.5) is 0 Å². The average Bonchev–Trinajstić information content (AvgIpc) is 2.37. The van der Waals surface area contributed by atoms with Gasteiger partial charge in [0.25, 0.3) is 11.5 Å². The highest BCUT2D eigenvalue weighted by Gasteiger charge is 2.37. The van der Waals surface area contributed by atoms with Crippen LogP contribution in [0.25, 0.3) is 0 Å². The molecule has 6 nitrogen and oxygen atoms in total. The van der Waals surface area contributed by atoms with Gasteiger partial charge in [-0.2, -0.15) is 0 Å². The molecule has 2 N–H and O–H groups in total. The fourth-order valence-corrected chi connectivity index (χ4v) is 2.54. The molecule has 6 heteroatoms. The van der Waals surface area contributed by atoms with Gasteiger partial charge in [0, 0.05) is 12.7 Å². The smallest absolute Gasteiger partial charge is 0.326 e. The van der Waals surface area contributed by atoms with E-state index in [1.807, 2.05) is 6.92 Å². The quantitative estimate of drug-likeness (QED) is 0.822. The standard InChI is InChI=1S/C13H16N2O4/c1-8-4-3-7-15(10(8)13(18)19)12(17)9-5-2-6-14-11(9)16/h2,5-6,8,10H,3-4,7H2,1H3,(H,14,16)(H,18,19). The number of carboxylic acid groups (broad SMARTS) is 1. The van der Waals surface area contributed by atoms with Crippen LogP contribution >= 0.6 is 0 Å². The van der Waals surface area contributed by atoms with Gasteiger partial charge in [-0.1, -0.05) is 6.92 Å². The lowest BCUT2D eigenvalue weighted by Crippen LogP contribution is -2.52. The maximum absolute atomic E-state index is 12.3. The normalized spacial score (nSPS) is 23.1. The average molecular weight is 264 g/mol. The molecule has 1 saturated heterocycles. The number of aromatic amines is 1. The van der Waals surface area contributed by atoms with Crippen molar-refractivity contribution in [1.82, 2.24) is 9.88 Å². The minimum Gasteiger partial charge on any atom is -0.480 e. The predicted molar refractivity (Wildman–Crippen MR) is 67.9 cm³/mol. The second kappa shape index (κ2) is 5.26. The number of H-pyrrole nitrogens is 1. The largest absolute Gasteiger partial charge is 0.480 e. The number of aromatic nitrogens is 1. The van der Waals surface area contributed by atoms with Crippen LogP contribution in [0.5, 0.6) is 0 Å². The Hall–Kier alpha value is -2.11. The van der Waals surface area contributed by atoms with E-state index in [1.165, 1.54) is 17.2 Å². The Labute approximate surface area is 110 Å². The van der Waals surface area contributed by atoms with Crippen LogP contribution < -0.4 is 5.56 Å². The summed E-state index contributed by atoms with van der Waals surface area (Å²) in [7, 11) is 0. The summed E-state index contributed by atoms with van der Waals surface area (Å²) < 4.78 is 0. The molecule has 1 aromatic rings. The molecule has 0 spiro atoms. The fourth-order valence-electron chi connectivity index (χ4n) is 2.54. The van der Waals surface area contributed by atoms with Crippen molar-refractivity contribution in [3.8, 4) is 0 Å². The number of rotatable bonds is 2. The van der Waals surface area contributed by atoms with E-state index in [9.17, 15) is 19.5 Å². The Morgan fingerprint density at radius 2 is 2.21 bits per heavy atom. The van der Waals surface area contributed by atoms with Crippen molar-refractivity contribution < 1.29 is 14.7 Å². The van der Waals surface area contributed by atoms with Crippen molar-refractivity contribution in [1.29, 1.82) is 0 Å². The molecule has 0 saturated carbocycles. The van der Waals surface area contributed by atoms with Gasteiger partial charge >= 0.3 is 5.97 Å². The summed E-state index contributed by atoms with van der Waals surface area (Å²) >= 11 is 0. The van der Waals surface area contributed by atoms with E-state index >= 15 is 0 Å². The number of carbonyl (C=O) groups excluding carboxylic acids is 1. The topological polar surface area (TPSA) is 90.5 Å². The molecule has 2 atom stereocenters. The van der Waals surface area contributed by atoms with E-state index in [0.29, 0.717) is 6.54 Å². The molecule has 19 heavy (non-hydrogen) atoms. The molecule has 0 aliphatic carbocycles. The highest BCUT2D eigenvalue weighted by Crippen LogP contribution is 2.24. The molecule has 1 amide bonds. The van der Waals surface area contributed by atoms with Gasteiger partial charge < -0.3 is 15.0 Å². The zero-order valence-electron chi connectivity index (χ0n) is 10.6. The number of pyridine rings is 1. The maximum Gasteiger partial charge on any atom is 0.326 e. The lowest BCUT2D eigenvalue weighted by Gasteiger charge is -2.37. The third kappa shape index (κ3) is 2.52. The van der Waals surface area contributed by atoms with Gasteiger partial charge in [0.2, 0.25) is 0 Å². The number of aliphatic carboxylic acids is 1. The summed E-state index contributed by atoms with van der Waals surface area (Å²) in [6, 6.07) is 2.11. The van der Waals surface area contributed by atoms with Gasteiger partial charge in [0.15, 0.2) is 0 Å². The molecule has 2 unspecified atom stereocenters. The first-order valence-corrected chi connectivity index (χ1v) is 6.24. The van der Waals surface area contributed by atoms with Gasteiger partial charge in [-0.15, -0.1) is 0 Å². The predicted octanol–water partition coefficient (Wildman–Crippen LogP) is 0.700. The van der Waals surface area contributed by atoms with Crippen LogP contribution in [-0.2, 0) is 4.79 Å². The third-order valence-electron chi connectivity index (χ3n) is 3.50. The summed E-state index contributed by atoms with van der Waals surface area (Å²) in [5, 5.41) is 9.26. The molecule has 2 rings (SSSR count). The zero-order chi connectivity index (χ0) is 14.0. The summed E-state index contributed by atoms with van der Waals surface area (Å²) in [5.41, 5.74) is -0.502. The molecule has 1 aliphatic heterocycles. The van der Waals surface area contributed by atoms with Crippen molar-refractivity contribution in [3.05, 3.63) is 34.2 Å². The van der Waals surface area contributed by atoms with Crippen molar-refractivity contribution in [2.24, 2.45) is 5.92 Å². The number of amides is 1. The molecule has 0 radical (unpaired) electrons. The minimum absolute atomic E-state index is 0.0112. The monoisotopic (exact) mass is 264 g/mol. The highest BCUT2D eigenvalue weighted by molar-refractivity contribution is 5.96. The Morgan fingerprint density at radius 3 is 2.84 bits per heavy atom. The number of hydrogen-bond acceptors (Lipinski definition) is 3. The molecule has 1 aromatic heterocycles. The van der Waals surface area contributed by atoms with Crippen molar-refractivity contribution in [2.75, 3.05) is 6.54 Å². The number of hydrogen-bond donors (Lipinski definition) is 2. The van der Waals surface area contributed by atoms with Gasteiger partial charge in [-0.3, -0.25) is 9.59 Å². The Morgan fingerprint density at radius 1 is 1.47 bits per heavy atom. The first-order chi connectivity index (χ1) is 9.02. The maximum atomic E-state index is 12.3. The molecule has 1 aliphatic rings. The Bertz CT molecular complexity index is 552. The summed E-state index contributed by atoms with van der Waals surface area (Å²) in [4.78, 5) is 39.0. The van der Waals surface area contributed by atoms with E-state index in [1.54, 1.807) is 6.07 Å². The first kappa shape index (κ1) is 13.3.